The minimum absolute atomic E-state index is 0.134. The molecule has 2 rings (SSSR count). The van der Waals surface area contributed by atoms with Crippen LogP contribution in [-0.2, 0) is 10.0 Å². The van der Waals surface area contributed by atoms with Gasteiger partial charge in [0, 0.05) is 5.69 Å². The van der Waals surface area contributed by atoms with Crippen molar-refractivity contribution in [1.29, 1.82) is 0 Å². The van der Waals surface area contributed by atoms with Gasteiger partial charge < -0.3 is 15.4 Å². The molecular weight excluding hydrogens is 288 g/mol. The topological polar surface area (TPSA) is 148 Å². The first-order valence-corrected chi connectivity index (χ1v) is 6.74. The number of nitrogen functional groups attached to an aromatic ring is 1. The van der Waals surface area contributed by atoms with Crippen LogP contribution in [0.25, 0.3) is 0 Å². The Bertz CT molecular complexity index is 768. The molecule has 0 aliphatic rings. The SMILES string of the molecule is Cc1noc(NS(=O)(=O)c2ccc(N)cc2C(=O)O)n1. The second kappa shape index (κ2) is 4.81. The Hall–Kier alpha value is -2.62. The second-order valence-electron chi connectivity index (χ2n) is 3.81. The van der Waals surface area contributed by atoms with Crippen LogP contribution >= 0.6 is 0 Å². The molecule has 20 heavy (non-hydrogen) atoms. The quantitative estimate of drug-likeness (QED) is 0.689. The van der Waals surface area contributed by atoms with Gasteiger partial charge in [-0.1, -0.05) is 5.16 Å². The average Bonchev–Trinajstić information content (AvgIpc) is 2.73. The lowest BCUT2D eigenvalue weighted by Gasteiger charge is -2.08. The summed E-state index contributed by atoms with van der Waals surface area (Å²) in [6, 6.07) is 3.07. The van der Waals surface area contributed by atoms with Crippen LogP contribution < -0.4 is 10.5 Å². The fraction of sp³-hybridized carbons (Fsp3) is 0.100. The van der Waals surface area contributed by atoms with Crippen molar-refractivity contribution < 1.29 is 22.8 Å². The van der Waals surface area contributed by atoms with E-state index in [0.29, 0.717) is 0 Å². The summed E-state index contributed by atoms with van der Waals surface area (Å²) in [7, 11) is -4.18. The fourth-order valence-corrected chi connectivity index (χ4v) is 2.56. The smallest absolute Gasteiger partial charge is 0.337 e. The molecule has 0 aliphatic heterocycles. The molecule has 0 saturated carbocycles. The van der Waals surface area contributed by atoms with Gasteiger partial charge in [-0.25, -0.2) is 17.9 Å². The molecule has 1 aromatic carbocycles. The number of carboxylic acids is 1. The second-order valence-corrected chi connectivity index (χ2v) is 5.46. The van der Waals surface area contributed by atoms with Crippen molar-refractivity contribution in [3.8, 4) is 0 Å². The van der Waals surface area contributed by atoms with E-state index in [-0.39, 0.29) is 17.5 Å². The lowest BCUT2D eigenvalue weighted by Crippen LogP contribution is -2.17. The van der Waals surface area contributed by atoms with Crippen molar-refractivity contribution in [1.82, 2.24) is 10.1 Å². The van der Waals surface area contributed by atoms with E-state index < -0.39 is 26.5 Å². The number of carbonyl (C=O) groups is 1. The number of sulfonamides is 1. The van der Waals surface area contributed by atoms with Crippen LogP contribution in [0.5, 0.6) is 0 Å². The third-order valence-electron chi connectivity index (χ3n) is 2.27. The number of hydrogen-bond donors (Lipinski definition) is 3. The molecule has 9 nitrogen and oxygen atoms in total. The largest absolute Gasteiger partial charge is 0.478 e. The molecule has 10 heteroatoms. The molecule has 4 N–H and O–H groups in total. The van der Waals surface area contributed by atoms with Crippen LogP contribution in [0.15, 0.2) is 27.6 Å². The highest BCUT2D eigenvalue weighted by Gasteiger charge is 2.24. The fourth-order valence-electron chi connectivity index (χ4n) is 1.46. The number of aromatic carboxylic acids is 1. The van der Waals surface area contributed by atoms with Crippen molar-refractivity contribution in [3.63, 3.8) is 0 Å². The molecule has 1 heterocycles. The molecule has 0 fully saturated rings. The zero-order valence-electron chi connectivity index (χ0n) is 10.2. The van der Waals surface area contributed by atoms with E-state index in [1.807, 2.05) is 4.72 Å². The number of anilines is 2. The van der Waals surface area contributed by atoms with Crippen LogP contribution in [0.3, 0.4) is 0 Å². The number of carboxylic acid groups (broad SMARTS) is 1. The highest BCUT2D eigenvalue weighted by molar-refractivity contribution is 7.92. The minimum Gasteiger partial charge on any atom is -0.478 e. The van der Waals surface area contributed by atoms with Gasteiger partial charge in [0.1, 0.15) is 4.90 Å². The molecule has 0 spiro atoms. The number of aromatic nitrogens is 2. The molecule has 1 aromatic heterocycles. The summed E-state index contributed by atoms with van der Waals surface area (Å²) in [5.41, 5.74) is 5.13. The summed E-state index contributed by atoms with van der Waals surface area (Å²) in [6.07, 6.45) is 0. The minimum atomic E-state index is -4.18. The van der Waals surface area contributed by atoms with E-state index in [2.05, 4.69) is 14.7 Å². The summed E-state index contributed by atoms with van der Waals surface area (Å²) in [6.45, 7) is 1.51. The first-order chi connectivity index (χ1) is 9.29. The van der Waals surface area contributed by atoms with E-state index >= 15 is 0 Å². The van der Waals surface area contributed by atoms with Gasteiger partial charge in [-0.15, -0.1) is 0 Å². The van der Waals surface area contributed by atoms with Crippen LogP contribution in [0.2, 0.25) is 0 Å². The number of hydrogen-bond acceptors (Lipinski definition) is 7. The lowest BCUT2D eigenvalue weighted by molar-refractivity contribution is 0.0692. The number of rotatable bonds is 4. The van der Waals surface area contributed by atoms with E-state index in [1.54, 1.807) is 0 Å². The Balaban J connectivity index is 2.46. The van der Waals surface area contributed by atoms with Gasteiger partial charge >= 0.3 is 12.0 Å². The van der Waals surface area contributed by atoms with Crippen molar-refractivity contribution in [3.05, 3.63) is 29.6 Å². The first kappa shape index (κ1) is 13.8. The maximum absolute atomic E-state index is 12.1. The van der Waals surface area contributed by atoms with Gasteiger partial charge in [0.15, 0.2) is 5.82 Å². The molecule has 0 radical (unpaired) electrons. The molecule has 0 bridgehead atoms. The normalized spacial score (nSPS) is 11.2. The number of nitrogens with two attached hydrogens (primary N) is 1. The van der Waals surface area contributed by atoms with Crippen molar-refractivity contribution in [2.24, 2.45) is 0 Å². The Morgan fingerprint density at radius 2 is 2.15 bits per heavy atom. The van der Waals surface area contributed by atoms with E-state index in [9.17, 15) is 13.2 Å². The molecule has 0 aliphatic carbocycles. The molecule has 0 unspecified atom stereocenters. The van der Waals surface area contributed by atoms with Gasteiger partial charge in [-0.3, -0.25) is 0 Å². The summed E-state index contributed by atoms with van der Waals surface area (Å²) < 4.78 is 30.8. The summed E-state index contributed by atoms with van der Waals surface area (Å²) in [4.78, 5) is 14.3. The first-order valence-electron chi connectivity index (χ1n) is 5.25. The van der Waals surface area contributed by atoms with Gasteiger partial charge in [-0.05, 0) is 25.1 Å². The highest BCUT2D eigenvalue weighted by Crippen LogP contribution is 2.21. The number of aryl methyl sites for hydroxylation is 1. The highest BCUT2D eigenvalue weighted by atomic mass is 32.2. The maximum atomic E-state index is 12.1. The Kier molecular flexibility index (Phi) is 3.32. The van der Waals surface area contributed by atoms with E-state index in [0.717, 1.165) is 12.1 Å². The summed E-state index contributed by atoms with van der Waals surface area (Å²) in [5.74, 6) is -1.18. The van der Waals surface area contributed by atoms with Crippen LogP contribution in [-0.4, -0.2) is 29.6 Å². The van der Waals surface area contributed by atoms with Gasteiger partial charge in [0.2, 0.25) is 0 Å². The standard InChI is InChI=1S/C10H10N4O5S/c1-5-12-10(19-13-5)14-20(17,18)8-3-2-6(11)4-7(8)9(15)16/h2-4H,11H2,1H3,(H,15,16)(H,12,13,14). The third-order valence-corrected chi connectivity index (χ3v) is 3.65. The number of nitrogens with one attached hydrogen (secondary N) is 1. The zero-order valence-corrected chi connectivity index (χ0v) is 11.0. The molecule has 106 valence electrons. The Morgan fingerprint density at radius 1 is 1.45 bits per heavy atom. The number of nitrogens with zero attached hydrogens (tertiary/aromatic N) is 2. The van der Waals surface area contributed by atoms with Gasteiger partial charge in [-0.2, -0.15) is 4.98 Å². The molecular formula is C10H10N4O5S. The maximum Gasteiger partial charge on any atom is 0.337 e. The van der Waals surface area contributed by atoms with Crippen molar-refractivity contribution in [2.45, 2.75) is 11.8 Å². The van der Waals surface area contributed by atoms with Gasteiger partial charge in [0.25, 0.3) is 10.0 Å². The van der Waals surface area contributed by atoms with Crippen LogP contribution in [0, 0.1) is 6.92 Å². The van der Waals surface area contributed by atoms with Gasteiger partial charge in [0.05, 0.1) is 5.56 Å². The molecule has 2 aromatic rings. The molecule has 0 amide bonds. The predicted molar refractivity (Wildman–Crippen MR) is 67.7 cm³/mol. The van der Waals surface area contributed by atoms with Crippen LogP contribution in [0.1, 0.15) is 16.2 Å². The van der Waals surface area contributed by atoms with E-state index in [1.165, 1.54) is 13.0 Å². The molecule has 0 atom stereocenters. The molecule has 0 saturated heterocycles. The Labute approximate surface area is 113 Å². The summed E-state index contributed by atoms with van der Waals surface area (Å²) in [5, 5.41) is 12.4. The lowest BCUT2D eigenvalue weighted by atomic mass is 10.2. The number of benzene rings is 1. The monoisotopic (exact) mass is 298 g/mol. The Morgan fingerprint density at radius 3 is 2.70 bits per heavy atom. The van der Waals surface area contributed by atoms with Crippen molar-refractivity contribution >= 4 is 27.7 Å². The van der Waals surface area contributed by atoms with E-state index in [4.69, 9.17) is 10.8 Å². The van der Waals surface area contributed by atoms with Crippen molar-refractivity contribution in [2.75, 3.05) is 10.5 Å². The average molecular weight is 298 g/mol. The zero-order chi connectivity index (χ0) is 14.9. The predicted octanol–water partition coefficient (Wildman–Crippen LogP) is 0.459. The summed E-state index contributed by atoms with van der Waals surface area (Å²) >= 11 is 0. The third kappa shape index (κ3) is 2.69. The van der Waals surface area contributed by atoms with Crippen LogP contribution in [0.4, 0.5) is 11.7 Å².